The molecular weight excluding hydrogens is 267 g/mol. The number of hydrogen-bond donors (Lipinski definition) is 1. The number of likely N-dealkylation sites (N-methyl/N-ethyl adjacent to an activating group) is 1. The molecule has 0 fully saturated rings. The maximum Gasteiger partial charge on any atom is 0.416 e. The Balaban J connectivity index is 2.01. The van der Waals surface area contributed by atoms with E-state index in [-0.39, 0.29) is 6.04 Å². The summed E-state index contributed by atoms with van der Waals surface area (Å²) in [7, 11) is 1.83. The van der Waals surface area contributed by atoms with Gasteiger partial charge in [-0.05, 0) is 43.3 Å². The van der Waals surface area contributed by atoms with Crippen molar-refractivity contribution in [3.8, 4) is 0 Å². The summed E-state index contributed by atoms with van der Waals surface area (Å²) in [4.78, 5) is 0. The molecule has 1 atom stereocenters. The molecule has 2 rings (SSSR count). The summed E-state index contributed by atoms with van der Waals surface area (Å²) in [5.41, 5.74) is 0.247. The first-order chi connectivity index (χ1) is 9.49. The molecule has 0 amide bonds. The van der Waals surface area contributed by atoms with Crippen LogP contribution < -0.4 is 5.32 Å². The molecule has 0 saturated heterocycles. The highest BCUT2D eigenvalue weighted by Gasteiger charge is 2.29. The van der Waals surface area contributed by atoms with Crippen LogP contribution in [-0.4, -0.2) is 13.1 Å². The van der Waals surface area contributed by atoms with Gasteiger partial charge >= 0.3 is 6.18 Å². The zero-order valence-corrected chi connectivity index (χ0v) is 11.1. The van der Waals surface area contributed by atoms with E-state index in [4.69, 9.17) is 4.42 Å². The van der Waals surface area contributed by atoms with Gasteiger partial charge in [0.05, 0.1) is 11.8 Å². The summed E-state index contributed by atoms with van der Waals surface area (Å²) in [6.07, 6.45) is -1.32. The third-order valence-electron chi connectivity index (χ3n) is 3.20. The summed E-state index contributed by atoms with van der Waals surface area (Å²) < 4.78 is 42.7. The quantitative estimate of drug-likeness (QED) is 0.905. The smallest absolute Gasteiger partial charge is 0.416 e. The van der Waals surface area contributed by atoms with Crippen molar-refractivity contribution in [2.75, 3.05) is 7.05 Å². The van der Waals surface area contributed by atoms with Crippen LogP contribution in [0.15, 0.2) is 47.1 Å². The fraction of sp³-hybridized carbons (Fsp3) is 0.333. The van der Waals surface area contributed by atoms with Gasteiger partial charge in [-0.1, -0.05) is 12.1 Å². The topological polar surface area (TPSA) is 25.2 Å². The molecule has 0 radical (unpaired) electrons. The van der Waals surface area contributed by atoms with E-state index < -0.39 is 11.7 Å². The lowest BCUT2D eigenvalue weighted by molar-refractivity contribution is -0.137. The molecule has 2 nitrogen and oxygen atoms in total. The molecule has 0 aliphatic rings. The molecule has 20 heavy (non-hydrogen) atoms. The van der Waals surface area contributed by atoms with Crippen LogP contribution in [-0.2, 0) is 19.0 Å². The number of benzene rings is 1. The summed E-state index contributed by atoms with van der Waals surface area (Å²) in [5.74, 6) is 0.858. The fourth-order valence-corrected chi connectivity index (χ4v) is 2.06. The van der Waals surface area contributed by atoms with E-state index >= 15 is 0 Å². The first kappa shape index (κ1) is 14.7. The van der Waals surface area contributed by atoms with Crippen LogP contribution in [0.4, 0.5) is 13.2 Å². The molecule has 2 aromatic rings. The Morgan fingerprint density at radius 1 is 1.10 bits per heavy atom. The second-order valence-corrected chi connectivity index (χ2v) is 4.67. The van der Waals surface area contributed by atoms with Crippen molar-refractivity contribution in [3.63, 3.8) is 0 Å². The van der Waals surface area contributed by atoms with Crippen LogP contribution in [0, 0.1) is 0 Å². The van der Waals surface area contributed by atoms with Crippen LogP contribution in [0.3, 0.4) is 0 Å². The molecular formula is C15H16F3NO. The van der Waals surface area contributed by atoms with Gasteiger partial charge in [0.25, 0.3) is 0 Å². The molecule has 1 unspecified atom stereocenters. The SMILES string of the molecule is CNC(Cc1ccc(C(F)(F)F)cc1)Cc1ccco1. The highest BCUT2D eigenvalue weighted by atomic mass is 19.4. The van der Waals surface area contributed by atoms with Gasteiger partial charge in [-0.25, -0.2) is 0 Å². The number of furan rings is 1. The normalized spacial score (nSPS) is 13.4. The third kappa shape index (κ3) is 3.87. The van der Waals surface area contributed by atoms with Crippen molar-refractivity contribution < 1.29 is 17.6 Å². The molecule has 1 heterocycles. The minimum absolute atomic E-state index is 0.123. The Morgan fingerprint density at radius 3 is 2.30 bits per heavy atom. The van der Waals surface area contributed by atoms with Crippen molar-refractivity contribution >= 4 is 0 Å². The number of hydrogen-bond acceptors (Lipinski definition) is 2. The van der Waals surface area contributed by atoms with E-state index in [0.717, 1.165) is 23.5 Å². The summed E-state index contributed by atoms with van der Waals surface area (Å²) in [5, 5.41) is 3.15. The van der Waals surface area contributed by atoms with E-state index in [1.807, 2.05) is 19.2 Å². The Kier molecular flexibility index (Phi) is 4.49. The van der Waals surface area contributed by atoms with Gasteiger partial charge in [-0.15, -0.1) is 0 Å². The van der Waals surface area contributed by atoms with Crippen LogP contribution in [0.1, 0.15) is 16.9 Å². The fourth-order valence-electron chi connectivity index (χ4n) is 2.06. The van der Waals surface area contributed by atoms with Crippen molar-refractivity contribution in [2.24, 2.45) is 0 Å². The Hall–Kier alpha value is -1.75. The van der Waals surface area contributed by atoms with Crippen LogP contribution in [0.5, 0.6) is 0 Å². The van der Waals surface area contributed by atoms with Gasteiger partial charge in [-0.2, -0.15) is 13.2 Å². The number of alkyl halides is 3. The maximum atomic E-state index is 12.5. The molecule has 0 aliphatic heterocycles. The predicted molar refractivity (Wildman–Crippen MR) is 70.4 cm³/mol. The molecule has 5 heteroatoms. The van der Waals surface area contributed by atoms with Gasteiger partial charge in [0.2, 0.25) is 0 Å². The Morgan fingerprint density at radius 2 is 1.80 bits per heavy atom. The van der Waals surface area contributed by atoms with Gasteiger partial charge in [0.1, 0.15) is 5.76 Å². The zero-order chi connectivity index (χ0) is 14.6. The lowest BCUT2D eigenvalue weighted by Crippen LogP contribution is -2.29. The second-order valence-electron chi connectivity index (χ2n) is 4.67. The minimum Gasteiger partial charge on any atom is -0.469 e. The highest BCUT2D eigenvalue weighted by molar-refractivity contribution is 5.25. The molecule has 0 bridgehead atoms. The molecule has 1 aromatic carbocycles. The van der Waals surface area contributed by atoms with Gasteiger partial charge < -0.3 is 9.73 Å². The van der Waals surface area contributed by atoms with E-state index in [9.17, 15) is 13.2 Å². The summed E-state index contributed by atoms with van der Waals surface area (Å²) in [6.45, 7) is 0. The molecule has 1 aromatic heterocycles. The van der Waals surface area contributed by atoms with Crippen molar-refractivity contribution in [3.05, 3.63) is 59.5 Å². The predicted octanol–water partition coefficient (Wildman–Crippen LogP) is 3.67. The van der Waals surface area contributed by atoms with E-state index in [1.54, 1.807) is 6.26 Å². The van der Waals surface area contributed by atoms with Crippen molar-refractivity contribution in [1.82, 2.24) is 5.32 Å². The molecule has 0 spiro atoms. The summed E-state index contributed by atoms with van der Waals surface area (Å²) in [6, 6.07) is 9.11. The van der Waals surface area contributed by atoms with E-state index in [1.165, 1.54) is 12.1 Å². The van der Waals surface area contributed by atoms with Gasteiger partial charge in [-0.3, -0.25) is 0 Å². The van der Waals surface area contributed by atoms with E-state index in [0.29, 0.717) is 12.8 Å². The van der Waals surface area contributed by atoms with Crippen LogP contribution >= 0.6 is 0 Å². The average molecular weight is 283 g/mol. The number of rotatable bonds is 5. The van der Waals surface area contributed by atoms with Crippen LogP contribution in [0.2, 0.25) is 0 Å². The Bertz CT molecular complexity index is 517. The van der Waals surface area contributed by atoms with Crippen molar-refractivity contribution in [2.45, 2.75) is 25.1 Å². The van der Waals surface area contributed by atoms with Crippen molar-refractivity contribution in [1.29, 1.82) is 0 Å². The zero-order valence-electron chi connectivity index (χ0n) is 11.1. The first-order valence-electron chi connectivity index (χ1n) is 6.35. The standard InChI is InChI=1S/C15H16F3NO/c1-19-13(10-14-3-2-8-20-14)9-11-4-6-12(7-5-11)15(16,17)18/h2-8,13,19H,9-10H2,1H3. The largest absolute Gasteiger partial charge is 0.469 e. The Labute approximate surface area is 115 Å². The van der Waals surface area contributed by atoms with Gasteiger partial charge in [0.15, 0.2) is 0 Å². The lowest BCUT2D eigenvalue weighted by atomic mass is 10.0. The lowest BCUT2D eigenvalue weighted by Gasteiger charge is -2.15. The summed E-state index contributed by atoms with van der Waals surface area (Å²) >= 11 is 0. The minimum atomic E-state index is -4.28. The second kappa shape index (κ2) is 6.13. The molecule has 1 N–H and O–H groups in total. The molecule has 0 saturated carbocycles. The average Bonchev–Trinajstić information content (AvgIpc) is 2.90. The maximum absolute atomic E-state index is 12.5. The van der Waals surface area contributed by atoms with Gasteiger partial charge in [0, 0.05) is 12.5 Å². The molecule has 108 valence electrons. The third-order valence-corrected chi connectivity index (χ3v) is 3.20. The monoisotopic (exact) mass is 283 g/mol. The van der Waals surface area contributed by atoms with Crippen LogP contribution in [0.25, 0.3) is 0 Å². The van der Waals surface area contributed by atoms with E-state index in [2.05, 4.69) is 5.32 Å². The number of halogens is 3. The highest BCUT2D eigenvalue weighted by Crippen LogP contribution is 2.29. The number of nitrogens with one attached hydrogen (secondary N) is 1. The first-order valence-corrected chi connectivity index (χ1v) is 6.35. The molecule has 0 aliphatic carbocycles.